The van der Waals surface area contributed by atoms with E-state index in [9.17, 15) is 5.26 Å². The molecule has 3 aromatic heterocycles. The monoisotopic (exact) mass is 490 g/mol. The fourth-order valence-electron chi connectivity index (χ4n) is 6.43. The smallest absolute Gasteiger partial charge is 0.317 e. The summed E-state index contributed by atoms with van der Waals surface area (Å²) in [4.78, 5) is 12.7. The van der Waals surface area contributed by atoms with Crippen LogP contribution in [0.15, 0.2) is 12.3 Å². The molecule has 2 aliphatic heterocycles. The van der Waals surface area contributed by atoms with E-state index >= 15 is 0 Å². The van der Waals surface area contributed by atoms with E-state index in [-0.39, 0.29) is 11.6 Å². The van der Waals surface area contributed by atoms with Crippen molar-refractivity contribution in [1.82, 2.24) is 29.9 Å². The van der Waals surface area contributed by atoms with Gasteiger partial charge in [0.05, 0.1) is 22.5 Å². The summed E-state index contributed by atoms with van der Waals surface area (Å²) < 4.78 is 8.25. The molecule has 10 heteroatoms. The minimum Gasteiger partial charge on any atom is -0.459 e. The Morgan fingerprint density at radius 1 is 1.29 bits per heavy atom. The molecule has 182 valence electrons. The summed E-state index contributed by atoms with van der Waals surface area (Å²) in [5.41, 5.74) is 10.2. The van der Waals surface area contributed by atoms with Crippen LogP contribution in [-0.2, 0) is 18.4 Å². The number of thiophene rings is 1. The number of aryl methyl sites for hydroxylation is 1. The Morgan fingerprint density at radius 3 is 2.89 bits per heavy atom. The maximum atomic E-state index is 9.90. The van der Waals surface area contributed by atoms with Crippen LogP contribution in [-0.4, -0.2) is 55.6 Å². The molecule has 0 aromatic carbocycles. The van der Waals surface area contributed by atoms with Crippen molar-refractivity contribution in [2.75, 3.05) is 19.3 Å². The average Bonchev–Trinajstić information content (AvgIpc) is 3.56. The highest BCUT2D eigenvalue weighted by atomic mass is 32.1. The molecule has 0 radical (unpaired) electrons. The maximum Gasteiger partial charge on any atom is 0.317 e. The molecule has 1 spiro atoms. The Labute approximate surface area is 208 Å². The Balaban J connectivity index is 1.36. The fourth-order valence-corrected chi connectivity index (χ4v) is 7.59. The number of anilines is 1. The molecule has 1 saturated heterocycles. The number of ether oxygens (including phenoxy) is 1. The number of nitrogens with two attached hydrogens (primary N) is 1. The third kappa shape index (κ3) is 3.52. The highest BCUT2D eigenvalue weighted by molar-refractivity contribution is 7.16. The van der Waals surface area contributed by atoms with Crippen LogP contribution in [0.3, 0.4) is 0 Å². The van der Waals surface area contributed by atoms with Gasteiger partial charge in [-0.05, 0) is 77.9 Å². The van der Waals surface area contributed by atoms with E-state index in [1.807, 2.05) is 6.07 Å². The van der Waals surface area contributed by atoms with E-state index in [0.29, 0.717) is 22.6 Å². The largest absolute Gasteiger partial charge is 0.459 e. The van der Waals surface area contributed by atoms with Gasteiger partial charge in [-0.25, -0.2) is 9.67 Å². The van der Waals surface area contributed by atoms with Gasteiger partial charge in [-0.1, -0.05) is 5.21 Å². The van der Waals surface area contributed by atoms with Crippen molar-refractivity contribution in [3.05, 3.63) is 34.0 Å². The molecule has 1 unspecified atom stereocenters. The average molecular weight is 491 g/mol. The summed E-state index contributed by atoms with van der Waals surface area (Å²) in [5, 5.41) is 19.8. The van der Waals surface area contributed by atoms with Crippen molar-refractivity contribution in [2.24, 2.45) is 0 Å². The first kappa shape index (κ1) is 22.4. The van der Waals surface area contributed by atoms with Crippen LogP contribution in [0.4, 0.5) is 5.00 Å². The lowest BCUT2D eigenvalue weighted by atomic mass is 9.73. The fraction of sp³-hybridized carbons (Fsp3) is 0.560. The van der Waals surface area contributed by atoms with Crippen LogP contribution < -0.4 is 10.5 Å². The van der Waals surface area contributed by atoms with Gasteiger partial charge in [0.2, 0.25) is 0 Å². The number of rotatable bonds is 4. The molecule has 5 heterocycles. The van der Waals surface area contributed by atoms with E-state index in [2.05, 4.69) is 44.9 Å². The third-order valence-corrected chi connectivity index (χ3v) is 9.12. The first-order valence-electron chi connectivity index (χ1n) is 12.5. The van der Waals surface area contributed by atoms with Gasteiger partial charge in [-0.2, -0.15) is 10.2 Å². The molecular weight excluding hydrogens is 460 g/mol. The van der Waals surface area contributed by atoms with Crippen molar-refractivity contribution in [3.8, 4) is 23.5 Å². The zero-order valence-electron chi connectivity index (χ0n) is 20.2. The number of nitriles is 1. The third-order valence-electron chi connectivity index (χ3n) is 8.04. The zero-order chi connectivity index (χ0) is 24.2. The molecule has 35 heavy (non-hydrogen) atoms. The Morgan fingerprint density at radius 2 is 2.11 bits per heavy atom. The lowest BCUT2D eigenvalue weighted by Gasteiger charge is -2.41. The van der Waals surface area contributed by atoms with Gasteiger partial charge < -0.3 is 10.5 Å². The van der Waals surface area contributed by atoms with Crippen LogP contribution >= 0.6 is 11.3 Å². The van der Waals surface area contributed by atoms with Gasteiger partial charge in [0, 0.05) is 22.7 Å². The van der Waals surface area contributed by atoms with E-state index in [1.54, 1.807) is 17.5 Å². The van der Waals surface area contributed by atoms with Crippen LogP contribution in [0, 0.1) is 11.3 Å². The standard InChI is InChI=1S/C25H30N8OS/c1-15(18-7-5-13-32(18)2)34-24-28-12-9-17(29-24)22-19-6-3-10-25(33(19)31-30-22)11-4-8-20-21(25)16(14-26)23(27)35-20/h9,12,15,18H,3-8,10-11,13,27H2,1-2H3/t15-,18-,25?/m0/s1. The van der Waals surface area contributed by atoms with Crippen LogP contribution in [0.5, 0.6) is 6.01 Å². The summed E-state index contributed by atoms with van der Waals surface area (Å²) in [5.74, 6) is 0. The Hall–Kier alpha value is -3.03. The Kier molecular flexibility index (Phi) is 5.49. The van der Waals surface area contributed by atoms with E-state index in [4.69, 9.17) is 15.5 Å². The van der Waals surface area contributed by atoms with Gasteiger partial charge in [0.15, 0.2) is 0 Å². The molecule has 6 rings (SSSR count). The van der Waals surface area contributed by atoms with Crippen molar-refractivity contribution in [1.29, 1.82) is 5.26 Å². The predicted octanol–water partition coefficient (Wildman–Crippen LogP) is 3.53. The van der Waals surface area contributed by atoms with Gasteiger partial charge in [-0.3, -0.25) is 4.90 Å². The molecule has 3 aliphatic rings. The topological polar surface area (TPSA) is 119 Å². The SMILES string of the molecule is C[C@H](Oc1nccc(-c2nnn3c2CCCC32CCCc3sc(N)c(C#N)c32)n1)[C@@H]1CCCN1C. The molecule has 2 N–H and O–H groups in total. The molecule has 3 atom stereocenters. The quantitative estimate of drug-likeness (QED) is 0.590. The number of hydrogen-bond donors (Lipinski definition) is 1. The van der Waals surface area contributed by atoms with Gasteiger partial charge in [0.1, 0.15) is 22.9 Å². The number of nitrogen functional groups attached to an aromatic ring is 1. The van der Waals surface area contributed by atoms with Gasteiger partial charge >= 0.3 is 6.01 Å². The minimum absolute atomic E-state index is 0.00386. The number of likely N-dealkylation sites (N-methyl/N-ethyl adjacent to an activating group) is 1. The maximum absolute atomic E-state index is 9.90. The molecule has 1 aliphatic carbocycles. The predicted molar refractivity (Wildman–Crippen MR) is 133 cm³/mol. The number of aromatic nitrogens is 5. The summed E-state index contributed by atoms with van der Waals surface area (Å²) in [7, 11) is 2.14. The van der Waals surface area contributed by atoms with Crippen LogP contribution in [0.25, 0.3) is 11.4 Å². The second-order valence-electron chi connectivity index (χ2n) is 10.0. The second kappa shape index (κ2) is 8.57. The molecule has 0 amide bonds. The number of fused-ring (bicyclic) bond motifs is 4. The first-order chi connectivity index (χ1) is 17.0. The van der Waals surface area contributed by atoms with Gasteiger partial charge in [0.25, 0.3) is 0 Å². The molecule has 0 bridgehead atoms. The molecule has 3 aromatic rings. The summed E-state index contributed by atoms with van der Waals surface area (Å²) >= 11 is 1.56. The summed E-state index contributed by atoms with van der Waals surface area (Å²) in [6, 6.07) is 5.00. The normalized spacial score (nSPS) is 24.7. The zero-order valence-corrected chi connectivity index (χ0v) is 21.0. The van der Waals surface area contributed by atoms with Gasteiger partial charge in [-0.15, -0.1) is 16.4 Å². The minimum atomic E-state index is -0.362. The van der Waals surface area contributed by atoms with E-state index < -0.39 is 0 Å². The van der Waals surface area contributed by atoms with Crippen LogP contribution in [0.1, 0.15) is 67.1 Å². The molecular formula is C25H30N8OS. The molecule has 0 saturated carbocycles. The van der Waals surface area contributed by atoms with Crippen molar-refractivity contribution in [3.63, 3.8) is 0 Å². The van der Waals surface area contributed by atoms with Crippen molar-refractivity contribution >= 4 is 16.3 Å². The second-order valence-corrected chi connectivity index (χ2v) is 11.2. The Bertz CT molecular complexity index is 1310. The van der Waals surface area contributed by atoms with E-state index in [1.165, 1.54) is 11.3 Å². The highest BCUT2D eigenvalue weighted by Gasteiger charge is 2.46. The van der Waals surface area contributed by atoms with Crippen LogP contribution in [0.2, 0.25) is 0 Å². The number of nitrogens with zero attached hydrogens (tertiary/aromatic N) is 7. The number of hydrogen-bond acceptors (Lipinski definition) is 9. The lowest BCUT2D eigenvalue weighted by molar-refractivity contribution is 0.112. The van der Waals surface area contributed by atoms with Crippen molar-refractivity contribution < 1.29 is 4.74 Å². The summed E-state index contributed by atoms with van der Waals surface area (Å²) in [6.07, 6.45) is 9.80. The number of likely N-dealkylation sites (tertiary alicyclic amines) is 1. The van der Waals surface area contributed by atoms with Crippen molar-refractivity contribution in [2.45, 2.75) is 76.0 Å². The van der Waals surface area contributed by atoms with E-state index in [0.717, 1.165) is 74.1 Å². The summed E-state index contributed by atoms with van der Waals surface area (Å²) in [6.45, 7) is 3.19. The molecule has 9 nitrogen and oxygen atoms in total. The highest BCUT2D eigenvalue weighted by Crippen LogP contribution is 2.51. The lowest BCUT2D eigenvalue weighted by Crippen LogP contribution is -2.42. The first-order valence-corrected chi connectivity index (χ1v) is 13.3. The molecule has 1 fully saturated rings.